The molecular formula is C15H17F3N2S. The molecule has 2 aliphatic rings. The van der Waals surface area contributed by atoms with Crippen molar-refractivity contribution >= 4 is 22.9 Å². The Labute approximate surface area is 126 Å². The number of hydrogen-bond acceptors (Lipinski definition) is 2. The molecule has 0 unspecified atom stereocenters. The van der Waals surface area contributed by atoms with Crippen LogP contribution in [0.4, 0.5) is 18.9 Å². The van der Waals surface area contributed by atoms with E-state index in [1.165, 1.54) is 37.8 Å². The Bertz CT molecular complexity index is 575. The first-order chi connectivity index (χ1) is 9.82. The van der Waals surface area contributed by atoms with Gasteiger partial charge in [-0.05, 0) is 55.2 Å². The van der Waals surface area contributed by atoms with Gasteiger partial charge in [-0.25, -0.2) is 0 Å². The van der Waals surface area contributed by atoms with Crippen LogP contribution in [-0.4, -0.2) is 11.5 Å². The van der Waals surface area contributed by atoms with Crippen LogP contribution in [0.15, 0.2) is 18.2 Å². The molecule has 0 aromatic heterocycles. The fourth-order valence-electron chi connectivity index (χ4n) is 2.97. The maximum atomic E-state index is 12.9. The molecule has 0 heterocycles. The third kappa shape index (κ3) is 3.00. The number of hydrogen-bond donors (Lipinski definition) is 2. The lowest BCUT2D eigenvalue weighted by Gasteiger charge is -2.18. The van der Waals surface area contributed by atoms with E-state index in [0.717, 1.165) is 18.5 Å². The molecule has 0 aliphatic heterocycles. The Balaban J connectivity index is 1.77. The quantitative estimate of drug-likeness (QED) is 0.809. The highest BCUT2D eigenvalue weighted by atomic mass is 32.1. The van der Waals surface area contributed by atoms with Crippen LogP contribution in [0, 0.1) is 11.3 Å². The van der Waals surface area contributed by atoms with Crippen molar-refractivity contribution in [3.8, 4) is 0 Å². The zero-order chi connectivity index (χ0) is 15.3. The number of nitrogens with one attached hydrogen (secondary N) is 1. The van der Waals surface area contributed by atoms with Gasteiger partial charge >= 0.3 is 6.18 Å². The van der Waals surface area contributed by atoms with Gasteiger partial charge in [0.25, 0.3) is 0 Å². The molecule has 0 amide bonds. The first-order valence-electron chi connectivity index (χ1n) is 7.07. The zero-order valence-corrected chi connectivity index (χ0v) is 12.3. The molecule has 21 heavy (non-hydrogen) atoms. The minimum atomic E-state index is -4.44. The van der Waals surface area contributed by atoms with Crippen LogP contribution >= 0.6 is 12.2 Å². The number of nitrogens with two attached hydrogens (primary N) is 1. The molecule has 3 N–H and O–H groups in total. The van der Waals surface area contributed by atoms with Crippen LogP contribution in [0.3, 0.4) is 0 Å². The average Bonchev–Trinajstić information content (AvgIpc) is 3.25. The number of benzene rings is 1. The van der Waals surface area contributed by atoms with Crippen LogP contribution in [-0.2, 0) is 6.18 Å². The van der Waals surface area contributed by atoms with Crippen LogP contribution in [0.5, 0.6) is 0 Å². The van der Waals surface area contributed by atoms with Gasteiger partial charge in [0.05, 0.1) is 5.56 Å². The summed E-state index contributed by atoms with van der Waals surface area (Å²) in [6, 6.07) is 3.91. The van der Waals surface area contributed by atoms with Crippen molar-refractivity contribution in [3.63, 3.8) is 0 Å². The van der Waals surface area contributed by atoms with Gasteiger partial charge in [0.1, 0.15) is 4.99 Å². The third-order valence-electron chi connectivity index (χ3n) is 4.57. The number of alkyl halides is 3. The highest BCUT2D eigenvalue weighted by Gasteiger charge is 2.53. The van der Waals surface area contributed by atoms with Crippen LogP contribution in [0.25, 0.3) is 0 Å². The second-order valence-corrected chi connectivity index (χ2v) is 6.55. The van der Waals surface area contributed by atoms with Gasteiger partial charge in [-0.2, -0.15) is 13.2 Å². The molecule has 2 saturated carbocycles. The van der Waals surface area contributed by atoms with E-state index in [4.69, 9.17) is 18.0 Å². The monoisotopic (exact) mass is 314 g/mol. The van der Waals surface area contributed by atoms with E-state index < -0.39 is 11.7 Å². The van der Waals surface area contributed by atoms with Gasteiger partial charge in [-0.15, -0.1) is 0 Å². The third-order valence-corrected chi connectivity index (χ3v) is 4.79. The molecule has 1 aromatic rings. The van der Waals surface area contributed by atoms with Crippen LogP contribution < -0.4 is 11.1 Å². The molecule has 3 rings (SSSR count). The fourth-order valence-corrected chi connectivity index (χ4v) is 3.14. The van der Waals surface area contributed by atoms with Crippen LogP contribution in [0.2, 0.25) is 0 Å². The van der Waals surface area contributed by atoms with Gasteiger partial charge in [-0.3, -0.25) is 0 Å². The summed E-state index contributed by atoms with van der Waals surface area (Å²) in [6.07, 6.45) is 0.559. The predicted molar refractivity (Wildman–Crippen MR) is 80.2 cm³/mol. The largest absolute Gasteiger partial charge is 0.417 e. The van der Waals surface area contributed by atoms with Crippen LogP contribution in [0.1, 0.15) is 36.8 Å². The van der Waals surface area contributed by atoms with Crippen molar-refractivity contribution in [2.45, 2.75) is 31.9 Å². The summed E-state index contributed by atoms with van der Waals surface area (Å²) in [7, 11) is 0. The molecule has 2 aliphatic carbocycles. The zero-order valence-electron chi connectivity index (χ0n) is 11.5. The lowest BCUT2D eigenvalue weighted by molar-refractivity contribution is -0.137. The van der Waals surface area contributed by atoms with Gasteiger partial charge in [-0.1, -0.05) is 12.2 Å². The normalized spacial score (nSPS) is 20.1. The minimum Gasteiger partial charge on any atom is -0.389 e. The Morgan fingerprint density at radius 3 is 2.48 bits per heavy atom. The van der Waals surface area contributed by atoms with E-state index in [1.54, 1.807) is 0 Å². The van der Waals surface area contributed by atoms with Crippen molar-refractivity contribution in [2.75, 3.05) is 11.9 Å². The van der Waals surface area contributed by atoms with Crippen molar-refractivity contribution in [3.05, 3.63) is 29.3 Å². The maximum Gasteiger partial charge on any atom is 0.417 e. The lowest BCUT2D eigenvalue weighted by atomic mass is 10.00. The van der Waals surface area contributed by atoms with E-state index >= 15 is 0 Å². The summed E-state index contributed by atoms with van der Waals surface area (Å²) in [5, 5.41) is 3.26. The SMILES string of the molecule is NC(=S)c1cc(NCC2(C3CC3)CC2)ccc1C(F)(F)F. The molecule has 0 bridgehead atoms. The molecular weight excluding hydrogens is 297 g/mol. The van der Waals surface area contributed by atoms with Gasteiger partial charge in [0.15, 0.2) is 0 Å². The summed E-state index contributed by atoms with van der Waals surface area (Å²) in [4.78, 5) is -0.227. The van der Waals surface area contributed by atoms with E-state index in [-0.39, 0.29) is 10.6 Å². The Kier molecular flexibility index (Phi) is 3.39. The van der Waals surface area contributed by atoms with E-state index in [2.05, 4.69) is 5.32 Å². The predicted octanol–water partition coefficient (Wildman–Crippen LogP) is 3.94. The number of thiocarbonyl (C=S) groups is 1. The molecule has 0 saturated heterocycles. The lowest BCUT2D eigenvalue weighted by Crippen LogP contribution is -2.20. The van der Waals surface area contributed by atoms with Crippen molar-refractivity contribution in [1.82, 2.24) is 0 Å². The second kappa shape index (κ2) is 4.87. The second-order valence-electron chi connectivity index (χ2n) is 6.11. The van der Waals surface area contributed by atoms with E-state index in [0.29, 0.717) is 11.1 Å². The molecule has 114 valence electrons. The number of rotatable bonds is 5. The molecule has 6 heteroatoms. The Morgan fingerprint density at radius 2 is 2.00 bits per heavy atom. The van der Waals surface area contributed by atoms with Crippen molar-refractivity contribution in [2.24, 2.45) is 17.1 Å². The summed E-state index contributed by atoms with van der Waals surface area (Å²) >= 11 is 4.75. The molecule has 0 spiro atoms. The minimum absolute atomic E-state index is 0.112. The highest BCUT2D eigenvalue weighted by Crippen LogP contribution is 2.61. The molecule has 0 radical (unpaired) electrons. The first kappa shape index (κ1) is 14.6. The molecule has 1 aromatic carbocycles. The smallest absolute Gasteiger partial charge is 0.389 e. The van der Waals surface area contributed by atoms with E-state index in [9.17, 15) is 13.2 Å². The Hall–Kier alpha value is -1.30. The summed E-state index contributed by atoms with van der Waals surface area (Å²) in [5.41, 5.74) is 5.58. The summed E-state index contributed by atoms with van der Waals surface area (Å²) in [5.74, 6) is 0.800. The van der Waals surface area contributed by atoms with Gasteiger partial charge in [0.2, 0.25) is 0 Å². The average molecular weight is 314 g/mol. The number of anilines is 1. The van der Waals surface area contributed by atoms with Gasteiger partial charge < -0.3 is 11.1 Å². The van der Waals surface area contributed by atoms with E-state index in [1.807, 2.05) is 0 Å². The highest BCUT2D eigenvalue weighted by molar-refractivity contribution is 7.80. The standard InChI is InChI=1S/C15H17F3N2S/c16-15(17,18)12-4-3-10(7-11(12)13(19)21)20-8-14(5-6-14)9-1-2-9/h3-4,7,9,20H,1-2,5-6,8H2,(H2,19,21). The van der Waals surface area contributed by atoms with Crippen molar-refractivity contribution in [1.29, 1.82) is 0 Å². The van der Waals surface area contributed by atoms with Gasteiger partial charge in [0, 0.05) is 17.8 Å². The van der Waals surface area contributed by atoms with Crippen molar-refractivity contribution < 1.29 is 13.2 Å². The summed E-state index contributed by atoms with van der Waals surface area (Å²) in [6.45, 7) is 0.819. The fraction of sp³-hybridized carbons (Fsp3) is 0.533. The molecule has 2 nitrogen and oxygen atoms in total. The topological polar surface area (TPSA) is 38.0 Å². The first-order valence-corrected chi connectivity index (χ1v) is 7.48. The molecule has 0 atom stereocenters. The maximum absolute atomic E-state index is 12.9. The Morgan fingerprint density at radius 1 is 1.33 bits per heavy atom. The number of halogens is 3. The molecule has 2 fully saturated rings. The summed E-state index contributed by atoms with van der Waals surface area (Å²) < 4.78 is 38.7.